The van der Waals surface area contributed by atoms with E-state index in [-0.39, 0.29) is 5.54 Å². The van der Waals surface area contributed by atoms with Crippen LogP contribution < -0.4 is 5.32 Å². The summed E-state index contributed by atoms with van der Waals surface area (Å²) in [7, 11) is 0. The number of aromatic nitrogens is 2. The molecule has 0 bridgehead atoms. The first kappa shape index (κ1) is 14.6. The van der Waals surface area contributed by atoms with E-state index in [1.165, 1.54) is 10.4 Å². The molecule has 2 heterocycles. The van der Waals surface area contributed by atoms with Crippen LogP contribution in [0, 0.1) is 6.92 Å². The molecule has 0 aromatic carbocycles. The van der Waals surface area contributed by atoms with Crippen LogP contribution in [0.2, 0.25) is 0 Å². The van der Waals surface area contributed by atoms with Gasteiger partial charge in [0, 0.05) is 12.0 Å². The lowest BCUT2D eigenvalue weighted by molar-refractivity contribution is 0.422. The first-order chi connectivity index (χ1) is 8.96. The summed E-state index contributed by atoms with van der Waals surface area (Å²) in [6.07, 6.45) is 2.11. The van der Waals surface area contributed by atoms with E-state index in [1.54, 1.807) is 22.7 Å². The summed E-state index contributed by atoms with van der Waals surface area (Å²) in [5.74, 6) is 0. The Balaban J connectivity index is 1.87. The van der Waals surface area contributed by atoms with Crippen molar-refractivity contribution in [1.29, 1.82) is 0 Å². The minimum absolute atomic E-state index is 0.195. The number of rotatable bonds is 5. The highest BCUT2D eigenvalue weighted by Crippen LogP contribution is 2.31. The van der Waals surface area contributed by atoms with Crippen LogP contribution in [0.1, 0.15) is 37.8 Å². The van der Waals surface area contributed by atoms with Crippen molar-refractivity contribution in [1.82, 2.24) is 15.5 Å². The third kappa shape index (κ3) is 4.37. The molecule has 0 aliphatic heterocycles. The van der Waals surface area contributed by atoms with Gasteiger partial charge in [-0.3, -0.25) is 0 Å². The summed E-state index contributed by atoms with van der Waals surface area (Å²) in [6.45, 7) is 9.72. The van der Waals surface area contributed by atoms with Crippen molar-refractivity contribution in [3.63, 3.8) is 0 Å². The number of hydrogen-bond acceptors (Lipinski definition) is 5. The standard InChI is InChI=1S/C14H21N3S2/c1-10-7-9-18-12(10)13-17-16-11(19-13)6-5-8-15-14(2,3)4/h7,9,15H,5-6,8H2,1-4H3. The summed E-state index contributed by atoms with van der Waals surface area (Å²) < 4.78 is 0. The van der Waals surface area contributed by atoms with Gasteiger partial charge in [0.2, 0.25) is 0 Å². The van der Waals surface area contributed by atoms with Crippen LogP contribution in [0.5, 0.6) is 0 Å². The molecular formula is C14H21N3S2. The molecular weight excluding hydrogens is 274 g/mol. The largest absolute Gasteiger partial charge is 0.312 e. The van der Waals surface area contributed by atoms with Gasteiger partial charge in [-0.1, -0.05) is 11.3 Å². The maximum Gasteiger partial charge on any atom is 0.158 e. The second kappa shape index (κ2) is 6.11. The van der Waals surface area contributed by atoms with Gasteiger partial charge in [-0.05, 0) is 57.7 Å². The minimum Gasteiger partial charge on any atom is -0.312 e. The Bertz CT molecular complexity index is 523. The topological polar surface area (TPSA) is 37.8 Å². The average Bonchev–Trinajstić information content (AvgIpc) is 2.91. The second-order valence-corrected chi connectivity index (χ2v) is 7.69. The van der Waals surface area contributed by atoms with Gasteiger partial charge in [-0.2, -0.15) is 0 Å². The summed E-state index contributed by atoms with van der Waals surface area (Å²) >= 11 is 3.47. The molecule has 1 N–H and O–H groups in total. The summed E-state index contributed by atoms with van der Waals surface area (Å²) in [5.41, 5.74) is 1.49. The van der Waals surface area contributed by atoms with Gasteiger partial charge in [0.15, 0.2) is 5.01 Å². The predicted octanol–water partition coefficient (Wildman–Crippen LogP) is 3.90. The Labute approximate surface area is 123 Å². The van der Waals surface area contributed by atoms with Gasteiger partial charge in [-0.25, -0.2) is 0 Å². The normalized spacial score (nSPS) is 12.0. The molecule has 0 aliphatic rings. The zero-order valence-corrected chi connectivity index (χ0v) is 13.6. The first-order valence-electron chi connectivity index (χ1n) is 6.57. The van der Waals surface area contributed by atoms with E-state index in [1.807, 2.05) is 0 Å². The van der Waals surface area contributed by atoms with Gasteiger partial charge in [-0.15, -0.1) is 21.5 Å². The Morgan fingerprint density at radius 3 is 2.68 bits per heavy atom. The van der Waals surface area contributed by atoms with Crippen LogP contribution >= 0.6 is 22.7 Å². The fourth-order valence-corrected chi connectivity index (χ4v) is 3.70. The predicted molar refractivity (Wildman–Crippen MR) is 84.0 cm³/mol. The molecule has 0 amide bonds. The lowest BCUT2D eigenvalue weighted by Gasteiger charge is -2.20. The van der Waals surface area contributed by atoms with Crippen molar-refractivity contribution in [3.8, 4) is 9.88 Å². The maximum atomic E-state index is 4.31. The van der Waals surface area contributed by atoms with Crippen molar-refractivity contribution in [2.24, 2.45) is 0 Å². The number of nitrogens with zero attached hydrogens (tertiary/aromatic N) is 2. The van der Waals surface area contributed by atoms with Gasteiger partial charge in [0.25, 0.3) is 0 Å². The molecule has 2 aromatic heterocycles. The molecule has 2 aromatic rings. The maximum absolute atomic E-state index is 4.31. The van der Waals surface area contributed by atoms with Crippen molar-refractivity contribution in [2.75, 3.05) is 6.54 Å². The molecule has 2 rings (SSSR count). The van der Waals surface area contributed by atoms with Crippen LogP contribution in [0.25, 0.3) is 9.88 Å². The minimum atomic E-state index is 0.195. The molecule has 0 spiro atoms. The lowest BCUT2D eigenvalue weighted by atomic mass is 10.1. The fraction of sp³-hybridized carbons (Fsp3) is 0.571. The van der Waals surface area contributed by atoms with E-state index in [0.29, 0.717) is 0 Å². The molecule has 0 saturated heterocycles. The van der Waals surface area contributed by atoms with Gasteiger partial charge < -0.3 is 5.32 Å². The van der Waals surface area contributed by atoms with Crippen LogP contribution in [0.4, 0.5) is 0 Å². The number of nitrogens with one attached hydrogen (secondary N) is 1. The second-order valence-electron chi connectivity index (χ2n) is 5.71. The Morgan fingerprint density at radius 2 is 2.05 bits per heavy atom. The van der Waals surface area contributed by atoms with Crippen LogP contribution in [0.15, 0.2) is 11.4 Å². The monoisotopic (exact) mass is 295 g/mol. The van der Waals surface area contributed by atoms with E-state index < -0.39 is 0 Å². The molecule has 104 valence electrons. The molecule has 0 radical (unpaired) electrons. The SMILES string of the molecule is Cc1ccsc1-c1nnc(CCCNC(C)(C)C)s1. The molecule has 0 aliphatic carbocycles. The van der Waals surface area contributed by atoms with Crippen molar-refractivity contribution in [3.05, 3.63) is 22.0 Å². The molecule has 0 fully saturated rings. The molecule has 0 saturated carbocycles. The van der Waals surface area contributed by atoms with Crippen molar-refractivity contribution >= 4 is 22.7 Å². The van der Waals surface area contributed by atoms with E-state index in [9.17, 15) is 0 Å². The zero-order valence-electron chi connectivity index (χ0n) is 12.0. The lowest BCUT2D eigenvalue weighted by Crippen LogP contribution is -2.36. The molecule has 0 unspecified atom stereocenters. The third-order valence-corrected chi connectivity index (χ3v) is 4.90. The highest BCUT2D eigenvalue weighted by molar-refractivity contribution is 7.20. The van der Waals surface area contributed by atoms with E-state index >= 15 is 0 Å². The smallest absolute Gasteiger partial charge is 0.158 e. The van der Waals surface area contributed by atoms with Crippen LogP contribution in [-0.4, -0.2) is 22.3 Å². The van der Waals surface area contributed by atoms with E-state index in [4.69, 9.17) is 0 Å². The number of hydrogen-bond donors (Lipinski definition) is 1. The Kier molecular flexibility index (Phi) is 4.71. The summed E-state index contributed by atoms with van der Waals surface area (Å²) in [5, 5.41) is 16.4. The highest BCUT2D eigenvalue weighted by Gasteiger charge is 2.11. The van der Waals surface area contributed by atoms with Gasteiger partial charge in [0.1, 0.15) is 5.01 Å². The quantitative estimate of drug-likeness (QED) is 0.850. The zero-order chi connectivity index (χ0) is 13.9. The van der Waals surface area contributed by atoms with Crippen molar-refractivity contribution in [2.45, 2.75) is 46.1 Å². The average molecular weight is 295 g/mol. The highest BCUT2D eigenvalue weighted by atomic mass is 32.1. The van der Waals surface area contributed by atoms with Gasteiger partial charge in [0.05, 0.1) is 4.88 Å². The molecule has 19 heavy (non-hydrogen) atoms. The van der Waals surface area contributed by atoms with Gasteiger partial charge >= 0.3 is 0 Å². The van der Waals surface area contributed by atoms with E-state index in [2.05, 4.69) is 54.7 Å². The van der Waals surface area contributed by atoms with Crippen molar-refractivity contribution < 1.29 is 0 Å². The van der Waals surface area contributed by atoms with Crippen LogP contribution in [0.3, 0.4) is 0 Å². The number of thiophene rings is 1. The summed E-state index contributed by atoms with van der Waals surface area (Å²) in [6, 6.07) is 2.13. The molecule has 0 atom stereocenters. The third-order valence-electron chi connectivity index (χ3n) is 2.75. The Morgan fingerprint density at radius 1 is 1.26 bits per heavy atom. The number of aryl methyl sites for hydroxylation is 2. The van der Waals surface area contributed by atoms with Crippen LogP contribution in [-0.2, 0) is 6.42 Å². The first-order valence-corrected chi connectivity index (χ1v) is 8.27. The summed E-state index contributed by atoms with van der Waals surface area (Å²) in [4.78, 5) is 1.26. The Hall–Kier alpha value is -0.780. The van der Waals surface area contributed by atoms with E-state index in [0.717, 1.165) is 29.4 Å². The molecule has 5 heteroatoms. The molecule has 3 nitrogen and oxygen atoms in total. The fourth-order valence-electron chi connectivity index (χ4n) is 1.74.